The zero-order valence-corrected chi connectivity index (χ0v) is 18.7. The van der Waals surface area contributed by atoms with E-state index in [1.54, 1.807) is 13.8 Å². The van der Waals surface area contributed by atoms with Crippen LogP contribution < -0.4 is 5.56 Å². The van der Waals surface area contributed by atoms with Crippen LogP contribution in [0.25, 0.3) is 20.4 Å². The van der Waals surface area contributed by atoms with Gasteiger partial charge in [0.15, 0.2) is 0 Å². The first-order chi connectivity index (χ1) is 14.7. The number of halogens is 7. The van der Waals surface area contributed by atoms with Crippen LogP contribution in [-0.4, -0.2) is 32.3 Å². The summed E-state index contributed by atoms with van der Waals surface area (Å²) in [6.07, 6.45) is -10.4. The van der Waals surface area contributed by atoms with Gasteiger partial charge >= 0.3 is 12.4 Å². The number of rotatable bonds is 2. The Morgan fingerprint density at radius 1 is 0.875 bits per heavy atom. The third-order valence-electron chi connectivity index (χ3n) is 3.83. The fraction of sp³-hybridized carbons (Fsp3) is 0.333. The summed E-state index contributed by atoms with van der Waals surface area (Å²) < 4.78 is 73.0. The molecule has 0 spiro atoms. The summed E-state index contributed by atoms with van der Waals surface area (Å²) in [5, 5.41) is 0.901. The maximum atomic E-state index is 12.2. The normalized spacial score (nSPS) is 12.3. The molecule has 4 rings (SSSR count). The monoisotopic (exact) mass is 514 g/mol. The lowest BCUT2D eigenvalue weighted by molar-refractivity contribution is -0.127. The molecule has 0 fully saturated rings. The molecule has 172 valence electrons. The molecule has 0 saturated heterocycles. The molecule has 1 N–H and O–H groups in total. The minimum Gasteiger partial charge on any atom is -0.310 e. The Balaban J connectivity index is 0.000000181. The van der Waals surface area contributed by atoms with Gasteiger partial charge in [-0.15, -0.1) is 22.7 Å². The molecule has 0 saturated carbocycles. The van der Waals surface area contributed by atoms with Crippen LogP contribution in [0.1, 0.15) is 21.4 Å². The van der Waals surface area contributed by atoms with Gasteiger partial charge in [0.05, 0.1) is 18.2 Å². The van der Waals surface area contributed by atoms with Gasteiger partial charge in [-0.1, -0.05) is 11.6 Å². The average Bonchev–Trinajstić information content (AvgIpc) is 3.15. The summed E-state index contributed by atoms with van der Waals surface area (Å²) in [6, 6.07) is 2.65. The van der Waals surface area contributed by atoms with Crippen LogP contribution in [0, 0.1) is 13.8 Å². The van der Waals surface area contributed by atoms with Crippen LogP contribution in [0.15, 0.2) is 16.9 Å². The molecule has 4 aromatic rings. The summed E-state index contributed by atoms with van der Waals surface area (Å²) in [6.45, 7) is 3.23. The number of nitrogens with zero attached hydrogens (tertiary/aromatic N) is 3. The lowest BCUT2D eigenvalue weighted by Gasteiger charge is -2.01. The van der Waals surface area contributed by atoms with Gasteiger partial charge in [0.25, 0.3) is 5.56 Å². The molecule has 0 aliphatic heterocycles. The highest BCUT2D eigenvalue weighted by Crippen LogP contribution is 2.32. The van der Waals surface area contributed by atoms with Crippen molar-refractivity contribution in [3.8, 4) is 0 Å². The first kappa shape index (κ1) is 24.4. The van der Waals surface area contributed by atoms with Crippen molar-refractivity contribution in [3.05, 3.63) is 49.0 Å². The Morgan fingerprint density at radius 3 is 1.91 bits per heavy atom. The van der Waals surface area contributed by atoms with Crippen molar-refractivity contribution >= 4 is 54.7 Å². The lowest BCUT2D eigenvalue weighted by atomic mass is 10.3. The van der Waals surface area contributed by atoms with Crippen LogP contribution in [0.2, 0.25) is 5.15 Å². The zero-order chi connectivity index (χ0) is 23.8. The molecule has 14 heteroatoms. The molecule has 0 atom stereocenters. The summed E-state index contributed by atoms with van der Waals surface area (Å²) in [4.78, 5) is 26.9. The highest BCUT2D eigenvalue weighted by Gasteiger charge is 2.29. The molecule has 4 heterocycles. The van der Waals surface area contributed by atoms with E-state index in [0.717, 1.165) is 22.7 Å². The van der Waals surface area contributed by atoms with E-state index in [-0.39, 0.29) is 20.3 Å². The van der Waals surface area contributed by atoms with Gasteiger partial charge < -0.3 is 4.98 Å². The quantitative estimate of drug-likeness (QED) is 0.257. The van der Waals surface area contributed by atoms with E-state index in [1.165, 1.54) is 12.1 Å². The van der Waals surface area contributed by atoms with E-state index in [1.807, 2.05) is 0 Å². The van der Waals surface area contributed by atoms with Gasteiger partial charge in [-0.05, 0) is 26.0 Å². The summed E-state index contributed by atoms with van der Waals surface area (Å²) in [5.74, 6) is 0.857. The number of hydrogen-bond acceptors (Lipinski definition) is 6. The van der Waals surface area contributed by atoms with Crippen molar-refractivity contribution in [1.82, 2.24) is 19.9 Å². The molecular weight excluding hydrogens is 502 g/mol. The molecule has 4 aromatic heterocycles. The molecule has 0 aliphatic rings. The van der Waals surface area contributed by atoms with Crippen molar-refractivity contribution in [1.29, 1.82) is 0 Å². The Hall–Kier alpha value is -2.25. The molecule has 0 radical (unpaired) electrons. The summed E-state index contributed by atoms with van der Waals surface area (Å²) in [5.41, 5.74) is -0.396. The number of aromatic nitrogens is 4. The fourth-order valence-corrected chi connectivity index (χ4v) is 5.23. The van der Waals surface area contributed by atoms with Crippen molar-refractivity contribution < 1.29 is 26.3 Å². The maximum absolute atomic E-state index is 12.2. The Kier molecular flexibility index (Phi) is 6.82. The second kappa shape index (κ2) is 8.94. The van der Waals surface area contributed by atoms with E-state index < -0.39 is 30.8 Å². The van der Waals surface area contributed by atoms with Crippen molar-refractivity contribution in [2.45, 2.75) is 39.0 Å². The zero-order valence-electron chi connectivity index (χ0n) is 16.3. The number of H-pyrrole nitrogens is 1. The SMILES string of the molecule is Cc1nc(Cl)c2cc(CC(F)(F)F)sc2n1.Cc1nc2sc(CC(F)(F)F)cc2c(=O)[nH]1. The van der Waals surface area contributed by atoms with Crippen molar-refractivity contribution in [2.75, 3.05) is 0 Å². The fourth-order valence-electron chi connectivity index (χ4n) is 2.69. The summed E-state index contributed by atoms with van der Waals surface area (Å²) >= 11 is 7.72. The predicted octanol–water partition coefficient (Wildman–Crippen LogP) is 6.16. The second-order valence-corrected chi connectivity index (χ2v) is 9.25. The first-order valence-electron chi connectivity index (χ1n) is 8.75. The van der Waals surface area contributed by atoms with Gasteiger partial charge in [0.1, 0.15) is 26.5 Å². The topological polar surface area (TPSA) is 71.5 Å². The molecule has 0 aliphatic carbocycles. The number of fused-ring (bicyclic) bond motifs is 2. The first-order valence-corrected chi connectivity index (χ1v) is 10.8. The predicted molar refractivity (Wildman–Crippen MR) is 112 cm³/mol. The van der Waals surface area contributed by atoms with E-state index in [0.29, 0.717) is 26.7 Å². The number of aromatic amines is 1. The number of thiophene rings is 2. The molecule has 0 amide bonds. The Morgan fingerprint density at radius 2 is 1.38 bits per heavy atom. The van der Waals surface area contributed by atoms with Crippen molar-refractivity contribution in [2.24, 2.45) is 0 Å². The highest BCUT2D eigenvalue weighted by atomic mass is 35.5. The van der Waals surface area contributed by atoms with Crippen LogP contribution in [0.4, 0.5) is 26.3 Å². The standard InChI is InChI=1S/C9H6ClF3N2S.C9H7F3N2OS/c1-4-14-7(10)6-2-5(3-9(11,12)13)16-8(6)15-4;1-4-13-7(15)6-2-5(3-9(10,11)12)16-8(6)14-4/h2H,3H2,1H3;2H,3H2,1H3,(H,13,14,15). The van der Waals surface area contributed by atoms with Gasteiger partial charge in [-0.25, -0.2) is 15.0 Å². The van der Waals surface area contributed by atoms with E-state index in [4.69, 9.17) is 11.6 Å². The average molecular weight is 515 g/mol. The van der Waals surface area contributed by atoms with Crippen LogP contribution in [-0.2, 0) is 12.8 Å². The smallest absolute Gasteiger partial charge is 0.310 e. The van der Waals surface area contributed by atoms with Crippen molar-refractivity contribution in [3.63, 3.8) is 0 Å². The minimum atomic E-state index is -4.26. The van der Waals surface area contributed by atoms with E-state index in [2.05, 4.69) is 19.9 Å². The van der Waals surface area contributed by atoms with Gasteiger partial charge in [0.2, 0.25) is 0 Å². The van der Waals surface area contributed by atoms with Crippen LogP contribution in [0.3, 0.4) is 0 Å². The molecule has 0 unspecified atom stereocenters. The summed E-state index contributed by atoms with van der Waals surface area (Å²) in [7, 11) is 0. The Labute approximate surface area is 189 Å². The van der Waals surface area contributed by atoms with Gasteiger partial charge in [-0.2, -0.15) is 26.3 Å². The van der Waals surface area contributed by atoms with E-state index in [9.17, 15) is 31.1 Å². The molecule has 0 bridgehead atoms. The van der Waals surface area contributed by atoms with Crippen LogP contribution in [0.5, 0.6) is 0 Å². The molecule has 5 nitrogen and oxygen atoms in total. The molecule has 32 heavy (non-hydrogen) atoms. The number of nitrogens with one attached hydrogen (secondary N) is 1. The molecular formula is C18H13ClF6N4OS2. The molecule has 0 aromatic carbocycles. The Bertz CT molecular complexity index is 1330. The highest BCUT2D eigenvalue weighted by molar-refractivity contribution is 7.19. The van der Waals surface area contributed by atoms with Gasteiger partial charge in [-0.3, -0.25) is 4.79 Å². The second-order valence-electron chi connectivity index (χ2n) is 6.66. The third-order valence-corrected chi connectivity index (χ3v) is 6.18. The largest absolute Gasteiger partial charge is 0.393 e. The maximum Gasteiger partial charge on any atom is 0.393 e. The minimum absolute atomic E-state index is 0.103. The number of alkyl halides is 6. The van der Waals surface area contributed by atoms with Gasteiger partial charge in [0, 0.05) is 15.1 Å². The van der Waals surface area contributed by atoms with Crippen LogP contribution >= 0.6 is 34.3 Å². The number of hydrogen-bond donors (Lipinski definition) is 1. The lowest BCUT2D eigenvalue weighted by Crippen LogP contribution is -2.10. The van der Waals surface area contributed by atoms with E-state index >= 15 is 0 Å². The number of aryl methyl sites for hydroxylation is 2. The third kappa shape index (κ3) is 6.39.